The normalized spacial score (nSPS) is 18.7. The Morgan fingerprint density at radius 1 is 1.33 bits per heavy atom. The lowest BCUT2D eigenvalue weighted by Crippen LogP contribution is -2.48. The first-order valence-corrected chi connectivity index (χ1v) is 8.41. The van der Waals surface area contributed by atoms with Crippen LogP contribution in [-0.4, -0.2) is 42.2 Å². The number of hydrogen-bond donors (Lipinski definition) is 1. The largest absolute Gasteiger partial charge is 0.370 e. The maximum atomic E-state index is 6.01. The second kappa shape index (κ2) is 7.53. The number of nitrogens with one attached hydrogen (secondary N) is 1. The number of benzene rings is 1. The summed E-state index contributed by atoms with van der Waals surface area (Å²) in [5, 5.41) is 3.46. The Bertz CT molecular complexity index is 707. The molecule has 0 radical (unpaired) electrons. The van der Waals surface area contributed by atoms with Gasteiger partial charge in [0.1, 0.15) is 6.10 Å². The Labute approximate surface area is 144 Å². The summed E-state index contributed by atoms with van der Waals surface area (Å²) in [5.74, 6) is 0.931. The van der Waals surface area contributed by atoms with E-state index in [-0.39, 0.29) is 6.10 Å². The number of ether oxygens (including phenoxy) is 1. The zero-order valence-corrected chi connectivity index (χ0v) is 14.7. The van der Waals surface area contributed by atoms with Gasteiger partial charge in [-0.25, -0.2) is 0 Å². The fourth-order valence-electron chi connectivity index (χ4n) is 3.16. The molecular formula is C19H26N4O. The Hall–Kier alpha value is -2.27. The van der Waals surface area contributed by atoms with Crippen molar-refractivity contribution in [3.8, 4) is 0 Å². The van der Waals surface area contributed by atoms with Crippen LogP contribution in [-0.2, 0) is 18.3 Å². The van der Waals surface area contributed by atoms with Crippen molar-refractivity contribution in [3.63, 3.8) is 0 Å². The molecule has 2 aromatic rings. The number of morpholine rings is 1. The van der Waals surface area contributed by atoms with Crippen molar-refractivity contribution in [2.24, 2.45) is 12.0 Å². The summed E-state index contributed by atoms with van der Waals surface area (Å²) in [7, 11) is 3.87. The van der Waals surface area contributed by atoms with Gasteiger partial charge in [-0.1, -0.05) is 24.3 Å². The molecule has 5 heteroatoms. The number of aliphatic imine (C=N–C) groups is 1. The molecule has 5 nitrogen and oxygen atoms in total. The van der Waals surface area contributed by atoms with Gasteiger partial charge < -0.3 is 19.5 Å². The van der Waals surface area contributed by atoms with Gasteiger partial charge in [0.2, 0.25) is 0 Å². The molecule has 1 fully saturated rings. The zero-order chi connectivity index (χ0) is 16.9. The molecule has 1 saturated heterocycles. The van der Waals surface area contributed by atoms with Gasteiger partial charge >= 0.3 is 0 Å². The van der Waals surface area contributed by atoms with Crippen LogP contribution in [0.5, 0.6) is 0 Å². The maximum Gasteiger partial charge on any atom is 0.194 e. The Balaban J connectivity index is 1.65. The third kappa shape index (κ3) is 3.79. The lowest BCUT2D eigenvalue weighted by molar-refractivity contribution is -0.00833. The van der Waals surface area contributed by atoms with E-state index in [9.17, 15) is 0 Å². The molecule has 0 amide bonds. The predicted octanol–water partition coefficient (Wildman–Crippen LogP) is 2.48. The molecule has 1 unspecified atom stereocenters. The average Bonchev–Trinajstić information content (AvgIpc) is 3.01. The Morgan fingerprint density at radius 3 is 2.88 bits per heavy atom. The SMILES string of the molecule is CN=C(NCc1ccn(C)c1)N1CCOC(c2ccccc2C)C1. The molecule has 0 spiro atoms. The van der Waals surface area contributed by atoms with Crippen molar-refractivity contribution in [3.05, 3.63) is 59.4 Å². The maximum absolute atomic E-state index is 6.01. The van der Waals surface area contributed by atoms with Gasteiger partial charge in [-0.2, -0.15) is 0 Å². The van der Waals surface area contributed by atoms with Crippen LogP contribution in [0, 0.1) is 6.92 Å². The first-order chi connectivity index (χ1) is 11.7. The van der Waals surface area contributed by atoms with Gasteiger partial charge in [-0.15, -0.1) is 0 Å². The topological polar surface area (TPSA) is 41.8 Å². The van der Waals surface area contributed by atoms with Crippen molar-refractivity contribution in [1.29, 1.82) is 0 Å². The summed E-state index contributed by atoms with van der Waals surface area (Å²) >= 11 is 0. The quantitative estimate of drug-likeness (QED) is 0.696. The first kappa shape index (κ1) is 16.6. The van der Waals surface area contributed by atoms with Gasteiger partial charge in [0.25, 0.3) is 0 Å². The smallest absolute Gasteiger partial charge is 0.194 e. The van der Waals surface area contributed by atoms with E-state index in [2.05, 4.69) is 69.4 Å². The lowest BCUT2D eigenvalue weighted by Gasteiger charge is -2.35. The first-order valence-electron chi connectivity index (χ1n) is 8.41. The van der Waals surface area contributed by atoms with Crippen molar-refractivity contribution < 1.29 is 4.74 Å². The van der Waals surface area contributed by atoms with E-state index in [0.717, 1.165) is 25.6 Å². The van der Waals surface area contributed by atoms with Crippen molar-refractivity contribution in [2.75, 3.05) is 26.7 Å². The summed E-state index contributed by atoms with van der Waals surface area (Å²) in [6.45, 7) is 5.31. The molecule has 0 aliphatic carbocycles. The Morgan fingerprint density at radius 2 is 2.17 bits per heavy atom. The molecule has 1 aliphatic heterocycles. The number of aryl methyl sites for hydroxylation is 2. The van der Waals surface area contributed by atoms with Crippen LogP contribution in [0.25, 0.3) is 0 Å². The van der Waals surface area contributed by atoms with Crippen LogP contribution in [0.2, 0.25) is 0 Å². The minimum absolute atomic E-state index is 0.0928. The van der Waals surface area contributed by atoms with Crippen LogP contribution in [0.3, 0.4) is 0 Å². The van der Waals surface area contributed by atoms with Crippen molar-refractivity contribution in [1.82, 2.24) is 14.8 Å². The number of hydrogen-bond acceptors (Lipinski definition) is 2. The summed E-state index contributed by atoms with van der Waals surface area (Å²) in [6, 6.07) is 10.6. The monoisotopic (exact) mass is 326 g/mol. The highest BCUT2D eigenvalue weighted by molar-refractivity contribution is 5.80. The molecule has 128 valence electrons. The van der Waals surface area contributed by atoms with Crippen molar-refractivity contribution >= 4 is 5.96 Å². The summed E-state index contributed by atoms with van der Waals surface area (Å²) in [4.78, 5) is 6.73. The lowest BCUT2D eigenvalue weighted by atomic mass is 10.0. The van der Waals surface area contributed by atoms with E-state index in [4.69, 9.17) is 4.74 Å². The molecule has 1 atom stereocenters. The molecule has 0 saturated carbocycles. The average molecular weight is 326 g/mol. The number of nitrogens with zero attached hydrogens (tertiary/aromatic N) is 3. The molecule has 24 heavy (non-hydrogen) atoms. The molecule has 0 bridgehead atoms. The van der Waals surface area contributed by atoms with Gasteiger partial charge in [-0.3, -0.25) is 4.99 Å². The number of aromatic nitrogens is 1. The summed E-state index contributed by atoms with van der Waals surface area (Å²) in [5.41, 5.74) is 3.79. The van der Waals surface area contributed by atoms with Crippen LogP contribution in [0.1, 0.15) is 22.8 Å². The fourth-order valence-corrected chi connectivity index (χ4v) is 3.16. The third-order valence-electron chi connectivity index (χ3n) is 4.46. The Kier molecular flexibility index (Phi) is 5.20. The van der Waals surface area contributed by atoms with E-state index in [1.807, 2.05) is 14.1 Å². The zero-order valence-electron chi connectivity index (χ0n) is 14.7. The van der Waals surface area contributed by atoms with Gasteiger partial charge in [0.15, 0.2) is 5.96 Å². The highest BCUT2D eigenvalue weighted by atomic mass is 16.5. The standard InChI is InChI=1S/C19H26N4O/c1-15-6-4-5-7-17(15)18-14-23(10-11-24-18)19(20-2)21-12-16-8-9-22(3)13-16/h4-9,13,18H,10-12,14H2,1-3H3,(H,20,21). The molecular weight excluding hydrogens is 300 g/mol. The van der Waals surface area contributed by atoms with Gasteiger partial charge in [0.05, 0.1) is 13.2 Å². The molecule has 1 N–H and O–H groups in total. The molecule has 1 aliphatic rings. The molecule has 1 aromatic heterocycles. The van der Waals surface area contributed by atoms with Gasteiger partial charge in [-0.05, 0) is 29.7 Å². The number of rotatable bonds is 3. The second-order valence-corrected chi connectivity index (χ2v) is 6.25. The summed E-state index contributed by atoms with van der Waals surface area (Å²) < 4.78 is 8.07. The summed E-state index contributed by atoms with van der Waals surface area (Å²) in [6.07, 6.45) is 4.27. The minimum atomic E-state index is 0.0928. The third-order valence-corrected chi connectivity index (χ3v) is 4.46. The van der Waals surface area contributed by atoms with Crippen molar-refractivity contribution in [2.45, 2.75) is 19.6 Å². The molecule has 2 heterocycles. The fraction of sp³-hybridized carbons (Fsp3) is 0.421. The highest BCUT2D eigenvalue weighted by Crippen LogP contribution is 2.24. The number of guanidine groups is 1. The predicted molar refractivity (Wildman–Crippen MR) is 97.1 cm³/mol. The minimum Gasteiger partial charge on any atom is -0.370 e. The van der Waals surface area contributed by atoms with Gasteiger partial charge in [0, 0.05) is 39.6 Å². The van der Waals surface area contributed by atoms with E-state index < -0.39 is 0 Å². The van der Waals surface area contributed by atoms with Crippen LogP contribution < -0.4 is 5.32 Å². The highest BCUT2D eigenvalue weighted by Gasteiger charge is 2.25. The van der Waals surface area contributed by atoms with Crippen LogP contribution in [0.4, 0.5) is 0 Å². The second-order valence-electron chi connectivity index (χ2n) is 6.25. The van der Waals surface area contributed by atoms with E-state index in [0.29, 0.717) is 6.61 Å². The molecule has 1 aromatic carbocycles. The van der Waals surface area contributed by atoms with Crippen LogP contribution >= 0.6 is 0 Å². The van der Waals surface area contributed by atoms with E-state index in [1.54, 1.807) is 0 Å². The van der Waals surface area contributed by atoms with E-state index >= 15 is 0 Å². The molecule has 3 rings (SSSR count). The van der Waals surface area contributed by atoms with E-state index in [1.165, 1.54) is 16.7 Å². The van der Waals surface area contributed by atoms with Crippen LogP contribution in [0.15, 0.2) is 47.7 Å².